The molecule has 0 saturated carbocycles. The monoisotopic (exact) mass is 537 g/mol. The average Bonchev–Trinajstić information content (AvgIpc) is 3.32. The zero-order valence-corrected chi connectivity index (χ0v) is 20.8. The molecule has 12 heteroatoms. The van der Waals surface area contributed by atoms with Gasteiger partial charge in [0.15, 0.2) is 10.7 Å². The molecule has 1 amide bonds. The number of aromatic nitrogens is 1. The second kappa shape index (κ2) is 10.5. The number of ether oxygens (including phenoxy) is 1. The normalized spacial score (nSPS) is 13.4. The van der Waals surface area contributed by atoms with Crippen molar-refractivity contribution >= 4 is 63.0 Å². The van der Waals surface area contributed by atoms with Crippen LogP contribution in [0.4, 0.5) is 17.1 Å². The Labute approximate surface area is 221 Å². The molecule has 188 valence electrons. The van der Waals surface area contributed by atoms with Crippen LogP contribution in [0.1, 0.15) is 10.4 Å². The van der Waals surface area contributed by atoms with Crippen molar-refractivity contribution in [2.45, 2.75) is 0 Å². The molecule has 10 nitrogen and oxygen atoms in total. The molecule has 1 aromatic heterocycles. The van der Waals surface area contributed by atoms with E-state index in [1.54, 1.807) is 36.4 Å². The zero-order valence-electron chi connectivity index (χ0n) is 19.3. The van der Waals surface area contributed by atoms with Gasteiger partial charge >= 0.3 is 0 Å². The average molecular weight is 538 g/mol. The van der Waals surface area contributed by atoms with Gasteiger partial charge in [-0.15, -0.1) is 0 Å². The Balaban J connectivity index is 1.28. The van der Waals surface area contributed by atoms with Gasteiger partial charge in [0.05, 0.1) is 18.1 Å². The summed E-state index contributed by atoms with van der Waals surface area (Å²) < 4.78 is 11.1. The number of morpholine rings is 1. The van der Waals surface area contributed by atoms with Crippen molar-refractivity contribution in [1.82, 2.24) is 10.3 Å². The van der Waals surface area contributed by atoms with Crippen molar-refractivity contribution in [2.24, 2.45) is 0 Å². The number of anilines is 2. The van der Waals surface area contributed by atoms with E-state index in [1.807, 2.05) is 17.0 Å². The largest absolute Gasteiger partial charge is 0.436 e. The molecular formula is C25H20ClN5O5S. The van der Waals surface area contributed by atoms with E-state index in [0.717, 1.165) is 5.56 Å². The second-order valence-corrected chi connectivity index (χ2v) is 9.02. The number of nitro benzene ring substituents is 1. The van der Waals surface area contributed by atoms with Crippen LogP contribution in [0.5, 0.6) is 0 Å². The molecule has 2 heterocycles. The second-order valence-electron chi connectivity index (χ2n) is 8.18. The molecule has 1 fully saturated rings. The summed E-state index contributed by atoms with van der Waals surface area (Å²) in [5, 5.41) is 17.8. The van der Waals surface area contributed by atoms with Gasteiger partial charge in [0, 0.05) is 41.0 Å². The number of benzene rings is 3. The van der Waals surface area contributed by atoms with Crippen LogP contribution in [0.3, 0.4) is 0 Å². The number of hydrogen-bond acceptors (Lipinski definition) is 8. The Hall–Kier alpha value is -4.06. The molecule has 37 heavy (non-hydrogen) atoms. The van der Waals surface area contributed by atoms with E-state index in [9.17, 15) is 14.9 Å². The zero-order chi connectivity index (χ0) is 25.9. The molecule has 2 N–H and O–H groups in total. The quantitative estimate of drug-likeness (QED) is 0.205. The number of oxazole rings is 1. The highest BCUT2D eigenvalue weighted by Gasteiger charge is 2.23. The number of carbonyl (C=O) groups is 1. The van der Waals surface area contributed by atoms with E-state index < -0.39 is 10.8 Å². The number of nitro groups is 1. The molecule has 0 bridgehead atoms. The van der Waals surface area contributed by atoms with E-state index >= 15 is 0 Å². The summed E-state index contributed by atoms with van der Waals surface area (Å²) in [7, 11) is 0. The number of nitrogens with one attached hydrogen (secondary N) is 2. The Morgan fingerprint density at radius 2 is 1.84 bits per heavy atom. The van der Waals surface area contributed by atoms with Crippen LogP contribution in [0, 0.1) is 10.1 Å². The Bertz CT molecular complexity index is 1500. The van der Waals surface area contributed by atoms with Crippen LogP contribution in [0.15, 0.2) is 65.1 Å². The van der Waals surface area contributed by atoms with Gasteiger partial charge < -0.3 is 19.4 Å². The van der Waals surface area contributed by atoms with Crippen molar-refractivity contribution in [3.63, 3.8) is 0 Å². The van der Waals surface area contributed by atoms with Crippen LogP contribution in [0.25, 0.3) is 22.6 Å². The van der Waals surface area contributed by atoms with Gasteiger partial charge in [-0.25, -0.2) is 4.98 Å². The SMILES string of the molecule is O=C(NC(=S)Nc1ccc2oc(-c3ccc(Cl)cc3)nc2c1)c1ccc(N2CCOCC2)c([N+](=O)[O-])c1. The lowest BCUT2D eigenvalue weighted by Crippen LogP contribution is -2.37. The fraction of sp³-hybridized carbons (Fsp3) is 0.160. The van der Waals surface area contributed by atoms with Crippen LogP contribution in [0.2, 0.25) is 5.02 Å². The number of thiocarbonyl (C=S) groups is 1. The fourth-order valence-corrected chi connectivity index (χ4v) is 4.28. The predicted molar refractivity (Wildman–Crippen MR) is 144 cm³/mol. The molecule has 0 aliphatic carbocycles. The molecule has 4 aromatic rings. The summed E-state index contributed by atoms with van der Waals surface area (Å²) in [6, 6.07) is 16.7. The molecule has 1 aliphatic heterocycles. The van der Waals surface area contributed by atoms with E-state index in [4.69, 9.17) is 33.0 Å². The Morgan fingerprint density at radius 3 is 2.57 bits per heavy atom. The van der Waals surface area contributed by atoms with Crippen LogP contribution < -0.4 is 15.5 Å². The maximum Gasteiger partial charge on any atom is 0.293 e. The highest BCUT2D eigenvalue weighted by molar-refractivity contribution is 7.80. The third-order valence-electron chi connectivity index (χ3n) is 5.75. The minimum Gasteiger partial charge on any atom is -0.436 e. The molecule has 0 atom stereocenters. The summed E-state index contributed by atoms with van der Waals surface area (Å²) in [6.45, 7) is 2.05. The van der Waals surface area contributed by atoms with Crippen molar-refractivity contribution < 1.29 is 18.9 Å². The number of rotatable bonds is 5. The van der Waals surface area contributed by atoms with Gasteiger partial charge in [0.1, 0.15) is 11.2 Å². The first-order valence-electron chi connectivity index (χ1n) is 11.3. The summed E-state index contributed by atoms with van der Waals surface area (Å²) >= 11 is 11.2. The van der Waals surface area contributed by atoms with Crippen molar-refractivity contribution in [2.75, 3.05) is 36.5 Å². The van der Waals surface area contributed by atoms with Crippen LogP contribution >= 0.6 is 23.8 Å². The number of carbonyl (C=O) groups excluding carboxylic acids is 1. The number of hydrogen-bond donors (Lipinski definition) is 2. The van der Waals surface area contributed by atoms with Crippen LogP contribution in [-0.2, 0) is 4.74 Å². The van der Waals surface area contributed by atoms with Gasteiger partial charge in [0.2, 0.25) is 5.89 Å². The molecular weight excluding hydrogens is 518 g/mol. The highest BCUT2D eigenvalue weighted by atomic mass is 35.5. The van der Waals surface area contributed by atoms with Gasteiger partial charge in [-0.05, 0) is 66.8 Å². The fourth-order valence-electron chi connectivity index (χ4n) is 3.94. The van der Waals surface area contributed by atoms with E-state index in [0.29, 0.717) is 59.7 Å². The number of halogens is 1. The van der Waals surface area contributed by atoms with Gasteiger partial charge in [-0.1, -0.05) is 11.6 Å². The van der Waals surface area contributed by atoms with E-state index in [-0.39, 0.29) is 16.4 Å². The topological polar surface area (TPSA) is 123 Å². The lowest BCUT2D eigenvalue weighted by atomic mass is 10.1. The molecule has 1 saturated heterocycles. The van der Waals surface area contributed by atoms with Crippen molar-refractivity contribution in [3.8, 4) is 11.5 Å². The minimum absolute atomic E-state index is 0.0330. The van der Waals surface area contributed by atoms with Crippen molar-refractivity contribution in [3.05, 3.63) is 81.4 Å². The highest BCUT2D eigenvalue weighted by Crippen LogP contribution is 2.30. The maximum absolute atomic E-state index is 12.8. The van der Waals surface area contributed by atoms with Gasteiger partial charge in [0.25, 0.3) is 11.6 Å². The first-order chi connectivity index (χ1) is 17.9. The van der Waals surface area contributed by atoms with Crippen LogP contribution in [-0.4, -0.2) is 47.2 Å². The number of fused-ring (bicyclic) bond motifs is 1. The molecule has 0 unspecified atom stereocenters. The third-order valence-corrected chi connectivity index (χ3v) is 6.21. The molecule has 1 aliphatic rings. The smallest absolute Gasteiger partial charge is 0.293 e. The standard InChI is InChI=1S/C25H20ClN5O5S/c26-17-4-1-15(2-5-17)24-28-19-14-18(6-8-22(19)36-24)27-25(37)29-23(32)16-3-7-20(21(13-16)31(33)34)30-9-11-35-12-10-30/h1-8,13-14H,9-12H2,(H2,27,29,32,37). The van der Waals surface area contributed by atoms with Gasteiger partial charge in [-0.2, -0.15) is 0 Å². The minimum atomic E-state index is -0.568. The summed E-state index contributed by atoms with van der Waals surface area (Å²) in [5.74, 6) is -0.122. The Kier molecular flexibility index (Phi) is 6.99. The van der Waals surface area contributed by atoms with E-state index in [2.05, 4.69) is 15.6 Å². The Morgan fingerprint density at radius 1 is 1.08 bits per heavy atom. The summed E-state index contributed by atoms with van der Waals surface area (Å²) in [6.07, 6.45) is 0. The summed E-state index contributed by atoms with van der Waals surface area (Å²) in [4.78, 5) is 30.3. The third kappa shape index (κ3) is 5.53. The molecule has 5 rings (SSSR count). The van der Waals surface area contributed by atoms with Gasteiger partial charge in [-0.3, -0.25) is 20.2 Å². The lowest BCUT2D eigenvalue weighted by Gasteiger charge is -2.28. The van der Waals surface area contributed by atoms with E-state index in [1.165, 1.54) is 12.1 Å². The number of nitrogens with zero attached hydrogens (tertiary/aromatic N) is 3. The van der Waals surface area contributed by atoms with Crippen molar-refractivity contribution in [1.29, 1.82) is 0 Å². The first kappa shape index (κ1) is 24.6. The number of amides is 1. The molecule has 0 spiro atoms. The molecule has 3 aromatic carbocycles. The molecule has 0 radical (unpaired) electrons. The first-order valence-corrected chi connectivity index (χ1v) is 12.1. The summed E-state index contributed by atoms with van der Waals surface area (Å²) in [5.41, 5.74) is 2.96. The maximum atomic E-state index is 12.8. The lowest BCUT2D eigenvalue weighted by molar-refractivity contribution is -0.384. The predicted octanol–water partition coefficient (Wildman–Crippen LogP) is 5.02.